The molecule has 2 aromatic carbocycles. The standard InChI is InChI=1S/C24H30N4O3/c1-3-30-12-11-28-22-14-20(31-19-8-7-17-5-4-6-18(17)13-19)9-10-21(22)27-23(28)15-26-16(2)24(25)29/h7-10,13-14,16,26H,3-6,11-12,15H2,1-2H3,(H2,25,29)/t16-/m0/s1. The van der Waals surface area contributed by atoms with Gasteiger partial charge in [-0.15, -0.1) is 0 Å². The Morgan fingerprint density at radius 2 is 1.97 bits per heavy atom. The quantitative estimate of drug-likeness (QED) is 0.489. The van der Waals surface area contributed by atoms with Crippen LogP contribution in [0.15, 0.2) is 36.4 Å². The molecular formula is C24H30N4O3. The smallest absolute Gasteiger partial charge is 0.234 e. The molecule has 0 aliphatic heterocycles. The maximum absolute atomic E-state index is 11.4. The van der Waals surface area contributed by atoms with Crippen LogP contribution in [0.1, 0.15) is 37.2 Å². The maximum Gasteiger partial charge on any atom is 0.234 e. The maximum atomic E-state index is 11.4. The zero-order valence-corrected chi connectivity index (χ0v) is 18.2. The number of aryl methyl sites for hydroxylation is 2. The van der Waals surface area contributed by atoms with Crippen LogP contribution in [-0.2, 0) is 35.5 Å². The second kappa shape index (κ2) is 9.49. The Kier molecular flexibility index (Phi) is 6.53. The summed E-state index contributed by atoms with van der Waals surface area (Å²) in [7, 11) is 0. The number of aromatic nitrogens is 2. The van der Waals surface area contributed by atoms with Gasteiger partial charge in [-0.1, -0.05) is 6.07 Å². The molecule has 1 aromatic heterocycles. The summed E-state index contributed by atoms with van der Waals surface area (Å²) in [6, 6.07) is 11.9. The van der Waals surface area contributed by atoms with E-state index in [4.69, 9.17) is 20.2 Å². The normalized spacial score (nSPS) is 14.0. The van der Waals surface area contributed by atoms with Crippen molar-refractivity contribution in [2.45, 2.75) is 52.2 Å². The molecule has 0 unspecified atom stereocenters. The number of hydrogen-bond donors (Lipinski definition) is 2. The minimum Gasteiger partial charge on any atom is -0.457 e. The first-order valence-electron chi connectivity index (χ1n) is 10.9. The Labute approximate surface area is 182 Å². The van der Waals surface area contributed by atoms with Crippen LogP contribution in [-0.4, -0.2) is 34.7 Å². The van der Waals surface area contributed by atoms with Gasteiger partial charge in [0, 0.05) is 19.2 Å². The van der Waals surface area contributed by atoms with Crippen molar-refractivity contribution in [2.24, 2.45) is 5.73 Å². The average molecular weight is 423 g/mol. The molecule has 0 saturated heterocycles. The van der Waals surface area contributed by atoms with Gasteiger partial charge in [-0.3, -0.25) is 10.1 Å². The van der Waals surface area contributed by atoms with Crippen LogP contribution < -0.4 is 15.8 Å². The highest BCUT2D eigenvalue weighted by molar-refractivity contribution is 5.79. The number of fused-ring (bicyclic) bond motifs is 2. The van der Waals surface area contributed by atoms with E-state index in [2.05, 4.69) is 22.0 Å². The molecule has 1 aliphatic rings. The number of imidazole rings is 1. The molecule has 0 fully saturated rings. The van der Waals surface area contributed by atoms with Gasteiger partial charge in [0.2, 0.25) is 5.91 Å². The number of primary amides is 1. The number of benzene rings is 2. The Hall–Kier alpha value is -2.90. The molecular weight excluding hydrogens is 392 g/mol. The van der Waals surface area contributed by atoms with Crippen molar-refractivity contribution < 1.29 is 14.3 Å². The van der Waals surface area contributed by atoms with E-state index in [1.807, 2.05) is 31.2 Å². The first kappa shape index (κ1) is 21.3. The lowest BCUT2D eigenvalue weighted by Crippen LogP contribution is -2.38. The molecule has 4 rings (SSSR count). The number of nitrogens with two attached hydrogens (primary N) is 1. The third kappa shape index (κ3) is 4.89. The Morgan fingerprint density at radius 3 is 2.77 bits per heavy atom. The topological polar surface area (TPSA) is 91.4 Å². The molecule has 3 N–H and O–H groups in total. The predicted molar refractivity (Wildman–Crippen MR) is 120 cm³/mol. The van der Waals surface area contributed by atoms with Gasteiger partial charge in [-0.2, -0.15) is 0 Å². The summed E-state index contributed by atoms with van der Waals surface area (Å²) in [5.74, 6) is 2.07. The predicted octanol–water partition coefficient (Wildman–Crippen LogP) is 3.32. The fourth-order valence-electron chi connectivity index (χ4n) is 3.99. The third-order valence-corrected chi connectivity index (χ3v) is 5.76. The van der Waals surface area contributed by atoms with Crippen LogP contribution in [0, 0.1) is 0 Å². The van der Waals surface area contributed by atoms with Crippen LogP contribution in [0.2, 0.25) is 0 Å². The molecule has 1 heterocycles. The second-order valence-electron chi connectivity index (χ2n) is 7.92. The van der Waals surface area contributed by atoms with Gasteiger partial charge in [0.05, 0.1) is 30.2 Å². The van der Waals surface area contributed by atoms with Gasteiger partial charge < -0.3 is 19.8 Å². The van der Waals surface area contributed by atoms with Crippen molar-refractivity contribution in [1.82, 2.24) is 14.9 Å². The van der Waals surface area contributed by atoms with Gasteiger partial charge >= 0.3 is 0 Å². The Balaban J connectivity index is 1.60. The van der Waals surface area contributed by atoms with Crippen molar-refractivity contribution in [3.8, 4) is 11.5 Å². The number of amides is 1. The van der Waals surface area contributed by atoms with E-state index in [-0.39, 0.29) is 5.91 Å². The molecule has 1 atom stereocenters. The number of rotatable bonds is 10. The van der Waals surface area contributed by atoms with E-state index >= 15 is 0 Å². The van der Waals surface area contributed by atoms with Crippen LogP contribution in [0.5, 0.6) is 11.5 Å². The van der Waals surface area contributed by atoms with Gasteiger partial charge in [0.1, 0.15) is 17.3 Å². The summed E-state index contributed by atoms with van der Waals surface area (Å²) < 4.78 is 13.9. The second-order valence-corrected chi connectivity index (χ2v) is 7.92. The number of carbonyl (C=O) groups is 1. The van der Waals surface area contributed by atoms with Gasteiger partial charge in [0.15, 0.2) is 0 Å². The summed E-state index contributed by atoms with van der Waals surface area (Å²) in [5.41, 5.74) is 10.0. The fourth-order valence-corrected chi connectivity index (χ4v) is 3.99. The molecule has 0 saturated carbocycles. The van der Waals surface area contributed by atoms with E-state index in [9.17, 15) is 4.79 Å². The van der Waals surface area contributed by atoms with Crippen molar-refractivity contribution in [2.75, 3.05) is 13.2 Å². The summed E-state index contributed by atoms with van der Waals surface area (Å²) in [4.78, 5) is 16.1. The van der Waals surface area contributed by atoms with Gasteiger partial charge in [0.25, 0.3) is 0 Å². The molecule has 0 radical (unpaired) electrons. The Morgan fingerprint density at radius 1 is 1.19 bits per heavy atom. The summed E-state index contributed by atoms with van der Waals surface area (Å²) >= 11 is 0. The third-order valence-electron chi connectivity index (χ3n) is 5.76. The van der Waals surface area contributed by atoms with Crippen LogP contribution in [0.4, 0.5) is 0 Å². The molecule has 3 aromatic rings. The molecule has 7 heteroatoms. The van der Waals surface area contributed by atoms with Crippen molar-refractivity contribution in [3.05, 3.63) is 53.3 Å². The minimum atomic E-state index is -0.432. The molecule has 31 heavy (non-hydrogen) atoms. The first-order valence-corrected chi connectivity index (χ1v) is 10.9. The van der Waals surface area contributed by atoms with Gasteiger partial charge in [-0.25, -0.2) is 4.98 Å². The summed E-state index contributed by atoms with van der Waals surface area (Å²) in [5, 5.41) is 3.14. The van der Waals surface area contributed by atoms with E-state index < -0.39 is 6.04 Å². The number of nitrogens with zero attached hydrogens (tertiary/aromatic N) is 2. The zero-order chi connectivity index (χ0) is 21.8. The molecule has 164 valence electrons. The lowest BCUT2D eigenvalue weighted by molar-refractivity contribution is -0.119. The highest BCUT2D eigenvalue weighted by atomic mass is 16.5. The van der Waals surface area contributed by atoms with Crippen LogP contribution >= 0.6 is 0 Å². The molecule has 1 amide bonds. The number of carbonyl (C=O) groups excluding carboxylic acids is 1. The minimum absolute atomic E-state index is 0.387. The monoisotopic (exact) mass is 422 g/mol. The molecule has 7 nitrogen and oxygen atoms in total. The largest absolute Gasteiger partial charge is 0.457 e. The SMILES string of the molecule is CCOCCn1c(CN[C@@H](C)C(N)=O)nc2ccc(Oc3ccc4c(c3)CCC4)cc21. The number of nitrogens with one attached hydrogen (secondary N) is 1. The zero-order valence-electron chi connectivity index (χ0n) is 18.2. The average Bonchev–Trinajstić information content (AvgIpc) is 3.36. The lowest BCUT2D eigenvalue weighted by Gasteiger charge is -2.13. The van der Waals surface area contributed by atoms with E-state index in [1.165, 1.54) is 17.5 Å². The number of ether oxygens (including phenoxy) is 2. The van der Waals surface area contributed by atoms with Crippen LogP contribution in [0.3, 0.4) is 0 Å². The molecule has 0 spiro atoms. The van der Waals surface area contributed by atoms with Crippen molar-refractivity contribution in [1.29, 1.82) is 0 Å². The highest BCUT2D eigenvalue weighted by Gasteiger charge is 2.15. The van der Waals surface area contributed by atoms with E-state index in [0.29, 0.717) is 26.3 Å². The van der Waals surface area contributed by atoms with Crippen molar-refractivity contribution >= 4 is 16.9 Å². The highest BCUT2D eigenvalue weighted by Crippen LogP contribution is 2.30. The first-order chi connectivity index (χ1) is 15.0. The molecule has 1 aliphatic carbocycles. The fraction of sp³-hybridized carbons (Fsp3) is 0.417. The van der Waals surface area contributed by atoms with Gasteiger partial charge in [-0.05, 0) is 68.5 Å². The molecule has 0 bridgehead atoms. The van der Waals surface area contributed by atoms with Crippen LogP contribution in [0.25, 0.3) is 11.0 Å². The van der Waals surface area contributed by atoms with E-state index in [1.54, 1.807) is 6.92 Å². The van der Waals surface area contributed by atoms with E-state index in [0.717, 1.165) is 41.2 Å². The summed E-state index contributed by atoms with van der Waals surface area (Å²) in [6.07, 6.45) is 3.50. The number of hydrogen-bond acceptors (Lipinski definition) is 5. The lowest BCUT2D eigenvalue weighted by atomic mass is 10.1. The summed E-state index contributed by atoms with van der Waals surface area (Å²) in [6.45, 7) is 6.06. The van der Waals surface area contributed by atoms with Crippen molar-refractivity contribution in [3.63, 3.8) is 0 Å². The Bertz CT molecular complexity index is 1080.